The number of H-pyrrole nitrogens is 1. The first kappa shape index (κ1) is 21.8. The molecule has 0 aliphatic heterocycles. The van der Waals surface area contributed by atoms with Crippen molar-refractivity contribution in [1.29, 1.82) is 0 Å². The van der Waals surface area contributed by atoms with E-state index in [9.17, 15) is 18.0 Å². The minimum Gasteiger partial charge on any atom is -0.345 e. The molecule has 0 aromatic carbocycles. The number of rotatable bonds is 7. The van der Waals surface area contributed by atoms with Gasteiger partial charge in [0.1, 0.15) is 24.1 Å². The summed E-state index contributed by atoms with van der Waals surface area (Å²) >= 11 is 6.05. The van der Waals surface area contributed by atoms with E-state index >= 15 is 0 Å². The zero-order chi connectivity index (χ0) is 21.9. The van der Waals surface area contributed by atoms with Crippen molar-refractivity contribution in [3.63, 3.8) is 0 Å². The van der Waals surface area contributed by atoms with Gasteiger partial charge in [-0.2, -0.15) is 13.2 Å². The number of aromatic amines is 1. The Labute approximate surface area is 175 Å². The second kappa shape index (κ2) is 8.86. The van der Waals surface area contributed by atoms with E-state index in [1.165, 1.54) is 12.4 Å². The number of nitrogens with zero attached hydrogens (tertiary/aromatic N) is 4. The van der Waals surface area contributed by atoms with Gasteiger partial charge in [-0.25, -0.2) is 15.0 Å². The molecule has 0 radical (unpaired) electrons. The van der Waals surface area contributed by atoms with Gasteiger partial charge in [0, 0.05) is 36.1 Å². The van der Waals surface area contributed by atoms with Gasteiger partial charge in [0.2, 0.25) is 5.91 Å². The Morgan fingerprint density at radius 1 is 1.33 bits per heavy atom. The smallest absolute Gasteiger partial charge is 0.345 e. The molecule has 0 fully saturated rings. The molecular formula is C19H20ClF3N6O. The van der Waals surface area contributed by atoms with E-state index in [2.05, 4.69) is 19.9 Å². The van der Waals surface area contributed by atoms with Crippen molar-refractivity contribution in [1.82, 2.24) is 25.3 Å². The van der Waals surface area contributed by atoms with Crippen molar-refractivity contribution in [3.05, 3.63) is 35.7 Å². The maximum Gasteiger partial charge on any atom is 0.405 e. The molecule has 3 heterocycles. The normalized spacial score (nSPS) is 12.7. The van der Waals surface area contributed by atoms with Crippen molar-refractivity contribution in [2.45, 2.75) is 32.5 Å². The Hall–Kier alpha value is -2.88. The van der Waals surface area contributed by atoms with Gasteiger partial charge in [-0.15, -0.1) is 0 Å². The number of pyridine rings is 1. The number of fused-ring (bicyclic) bond motifs is 1. The van der Waals surface area contributed by atoms with Crippen LogP contribution in [0.25, 0.3) is 22.4 Å². The molecule has 2 N–H and O–H groups in total. The lowest BCUT2D eigenvalue weighted by Gasteiger charge is -2.30. The summed E-state index contributed by atoms with van der Waals surface area (Å²) in [4.78, 5) is 30.1. The van der Waals surface area contributed by atoms with Gasteiger partial charge in [-0.3, -0.25) is 4.79 Å². The summed E-state index contributed by atoms with van der Waals surface area (Å²) in [6.45, 7) is 2.53. The van der Waals surface area contributed by atoms with Gasteiger partial charge in [0.15, 0.2) is 5.82 Å². The third-order valence-corrected chi connectivity index (χ3v) is 4.75. The van der Waals surface area contributed by atoms with Crippen molar-refractivity contribution in [2.75, 3.05) is 18.0 Å². The highest BCUT2D eigenvalue weighted by Crippen LogP contribution is 2.28. The monoisotopic (exact) mass is 440 g/mol. The molecule has 160 valence electrons. The van der Waals surface area contributed by atoms with Gasteiger partial charge in [0.05, 0.1) is 5.02 Å². The lowest BCUT2D eigenvalue weighted by Crippen LogP contribution is -2.49. The molecule has 1 atom stereocenters. The Bertz CT molecular complexity index is 1040. The van der Waals surface area contributed by atoms with E-state index < -0.39 is 24.7 Å². The van der Waals surface area contributed by atoms with Crippen LogP contribution in [0.5, 0.6) is 0 Å². The third-order valence-electron chi connectivity index (χ3n) is 4.54. The molecule has 30 heavy (non-hydrogen) atoms. The Balaban J connectivity index is 1.92. The van der Waals surface area contributed by atoms with Crippen LogP contribution in [0.3, 0.4) is 0 Å². The predicted molar refractivity (Wildman–Crippen MR) is 108 cm³/mol. The number of amides is 1. The average molecular weight is 441 g/mol. The summed E-state index contributed by atoms with van der Waals surface area (Å²) in [6, 6.07) is 2.55. The minimum atomic E-state index is -4.47. The zero-order valence-corrected chi connectivity index (χ0v) is 17.1. The first-order chi connectivity index (χ1) is 14.2. The molecule has 0 bridgehead atoms. The number of hydrogen-bond acceptors (Lipinski definition) is 5. The van der Waals surface area contributed by atoms with Crippen LogP contribution in [0.1, 0.15) is 20.3 Å². The van der Waals surface area contributed by atoms with Gasteiger partial charge >= 0.3 is 6.18 Å². The number of aromatic nitrogens is 4. The predicted octanol–water partition coefficient (Wildman–Crippen LogP) is 3.96. The van der Waals surface area contributed by atoms with Crippen molar-refractivity contribution < 1.29 is 18.0 Å². The molecule has 0 aliphatic carbocycles. The SMILES string of the molecule is CC[C@@H](C(=O)NCC(F)(F)F)N(CC)c1ccnc(-c2c[nH]c3ncc(Cl)cc23)n1. The molecule has 0 unspecified atom stereocenters. The fourth-order valence-corrected chi connectivity index (χ4v) is 3.35. The minimum absolute atomic E-state index is 0.309. The third kappa shape index (κ3) is 4.81. The number of hydrogen-bond donors (Lipinski definition) is 2. The zero-order valence-electron chi connectivity index (χ0n) is 16.3. The average Bonchev–Trinajstić information content (AvgIpc) is 3.12. The standard InChI is InChI=1S/C19H20ClF3N6O/c1-3-14(18(30)27-10-19(21,22)23)29(4-2)15-5-6-24-17(28-15)13-9-26-16-12(13)7-11(20)8-25-16/h5-9,14H,3-4,10H2,1-2H3,(H,25,26)(H,27,30)/t14-/m0/s1. The van der Waals surface area contributed by atoms with Gasteiger partial charge in [-0.1, -0.05) is 18.5 Å². The molecule has 7 nitrogen and oxygen atoms in total. The number of alkyl halides is 3. The number of halogens is 4. The Kier molecular flexibility index (Phi) is 6.45. The van der Waals surface area contributed by atoms with E-state index in [-0.39, 0.29) is 0 Å². The number of carbonyl (C=O) groups excluding carboxylic acids is 1. The molecule has 3 aromatic rings. The Morgan fingerprint density at radius 3 is 2.77 bits per heavy atom. The summed E-state index contributed by atoms with van der Waals surface area (Å²) in [5, 5.41) is 3.15. The van der Waals surface area contributed by atoms with E-state index in [0.29, 0.717) is 40.8 Å². The number of nitrogens with one attached hydrogen (secondary N) is 2. The van der Waals surface area contributed by atoms with Crippen LogP contribution in [0.4, 0.5) is 19.0 Å². The van der Waals surface area contributed by atoms with Crippen molar-refractivity contribution in [3.8, 4) is 11.4 Å². The van der Waals surface area contributed by atoms with Crippen molar-refractivity contribution in [2.24, 2.45) is 0 Å². The summed E-state index contributed by atoms with van der Waals surface area (Å²) in [5.41, 5.74) is 1.29. The fourth-order valence-electron chi connectivity index (χ4n) is 3.20. The lowest BCUT2D eigenvalue weighted by atomic mass is 10.1. The molecular weight excluding hydrogens is 421 g/mol. The van der Waals surface area contributed by atoms with Crippen LogP contribution >= 0.6 is 11.6 Å². The number of carbonyl (C=O) groups is 1. The van der Waals surface area contributed by atoms with Crippen LogP contribution in [-0.4, -0.2) is 51.2 Å². The largest absolute Gasteiger partial charge is 0.405 e. The van der Waals surface area contributed by atoms with Crippen LogP contribution in [-0.2, 0) is 4.79 Å². The topological polar surface area (TPSA) is 86.8 Å². The summed E-state index contributed by atoms with van der Waals surface area (Å²) in [7, 11) is 0. The molecule has 0 aliphatic rings. The molecule has 11 heteroatoms. The van der Waals surface area contributed by atoms with Gasteiger partial charge < -0.3 is 15.2 Å². The van der Waals surface area contributed by atoms with E-state index in [1.807, 2.05) is 5.32 Å². The highest BCUT2D eigenvalue weighted by Gasteiger charge is 2.31. The maximum atomic E-state index is 12.5. The molecule has 0 spiro atoms. The lowest BCUT2D eigenvalue weighted by molar-refractivity contribution is -0.139. The summed E-state index contributed by atoms with van der Waals surface area (Å²) < 4.78 is 37.5. The molecule has 3 aromatic heterocycles. The quantitative estimate of drug-likeness (QED) is 0.580. The van der Waals surface area contributed by atoms with E-state index in [4.69, 9.17) is 11.6 Å². The highest BCUT2D eigenvalue weighted by molar-refractivity contribution is 6.31. The van der Waals surface area contributed by atoms with Crippen molar-refractivity contribution >= 4 is 34.4 Å². The molecule has 0 saturated carbocycles. The molecule has 3 rings (SSSR count). The van der Waals surface area contributed by atoms with Crippen LogP contribution < -0.4 is 10.2 Å². The number of likely N-dealkylation sites (N-methyl/N-ethyl adjacent to an activating group) is 1. The summed E-state index contributed by atoms with van der Waals surface area (Å²) in [6.07, 6.45) is 0.598. The van der Waals surface area contributed by atoms with Crippen LogP contribution in [0.15, 0.2) is 30.7 Å². The Morgan fingerprint density at radius 2 is 2.10 bits per heavy atom. The second-order valence-electron chi connectivity index (χ2n) is 6.53. The van der Waals surface area contributed by atoms with Gasteiger partial charge in [-0.05, 0) is 25.5 Å². The molecule has 0 saturated heterocycles. The maximum absolute atomic E-state index is 12.5. The highest BCUT2D eigenvalue weighted by atomic mass is 35.5. The molecule has 1 amide bonds. The van der Waals surface area contributed by atoms with E-state index in [0.717, 1.165) is 5.39 Å². The first-order valence-electron chi connectivity index (χ1n) is 9.30. The second-order valence-corrected chi connectivity index (χ2v) is 6.97. The first-order valence-corrected chi connectivity index (χ1v) is 9.68. The van der Waals surface area contributed by atoms with Crippen LogP contribution in [0.2, 0.25) is 5.02 Å². The fraction of sp³-hybridized carbons (Fsp3) is 0.368. The van der Waals surface area contributed by atoms with E-state index in [1.54, 1.807) is 37.1 Å². The number of anilines is 1. The van der Waals surface area contributed by atoms with Crippen LogP contribution in [0, 0.1) is 0 Å². The summed E-state index contributed by atoms with van der Waals surface area (Å²) in [5.74, 6) is 0.104. The van der Waals surface area contributed by atoms with Gasteiger partial charge in [0.25, 0.3) is 0 Å².